The fraction of sp³-hybridized carbons (Fsp3) is 0.471. The van der Waals surface area contributed by atoms with Gasteiger partial charge in [0.25, 0.3) is 5.91 Å². The molecule has 2 heterocycles. The molecule has 0 radical (unpaired) electrons. The predicted molar refractivity (Wildman–Crippen MR) is 99.2 cm³/mol. The van der Waals surface area contributed by atoms with Crippen molar-refractivity contribution in [3.05, 3.63) is 35.3 Å². The van der Waals surface area contributed by atoms with E-state index in [-0.39, 0.29) is 12.5 Å². The highest BCUT2D eigenvalue weighted by Crippen LogP contribution is 2.57. The molecule has 0 aliphatic heterocycles. The van der Waals surface area contributed by atoms with Crippen molar-refractivity contribution in [1.82, 2.24) is 20.1 Å². The largest absolute Gasteiger partial charge is 0.399 e. The maximum absolute atomic E-state index is 12.9. The minimum Gasteiger partial charge on any atom is -0.399 e. The Morgan fingerprint density at radius 2 is 2.30 bits per heavy atom. The first-order valence-corrected chi connectivity index (χ1v) is 9.89. The number of amides is 1. The zero-order valence-electron chi connectivity index (χ0n) is 15.1. The molecule has 144 valence electrons. The van der Waals surface area contributed by atoms with Crippen molar-refractivity contribution in [3.8, 4) is 5.82 Å². The van der Waals surface area contributed by atoms with Crippen LogP contribution in [0.3, 0.4) is 0 Å². The molecule has 2 aromatic heterocycles. The van der Waals surface area contributed by atoms with E-state index in [0.717, 1.165) is 24.1 Å². The number of nitrogens with one attached hydrogen (secondary N) is 1. The first-order chi connectivity index (χ1) is 12.7. The van der Waals surface area contributed by atoms with Gasteiger partial charge in [-0.1, -0.05) is 0 Å². The molecule has 2 aliphatic carbocycles. The Morgan fingerprint density at radius 3 is 3.00 bits per heavy atom. The fourth-order valence-electron chi connectivity index (χ4n) is 3.64. The highest BCUT2D eigenvalue weighted by atomic mass is 31.2. The van der Waals surface area contributed by atoms with E-state index in [9.17, 15) is 4.79 Å². The summed E-state index contributed by atoms with van der Waals surface area (Å²) in [6, 6.07) is 3.45. The van der Waals surface area contributed by atoms with Gasteiger partial charge >= 0.3 is 8.60 Å². The summed E-state index contributed by atoms with van der Waals surface area (Å²) in [6.45, 7) is 3.47. The zero-order valence-corrected chi connectivity index (χ0v) is 16.0. The Labute approximate surface area is 157 Å². The Bertz CT molecular complexity index is 897. The minimum absolute atomic E-state index is 0.0254. The van der Waals surface area contributed by atoms with Crippen molar-refractivity contribution in [3.63, 3.8) is 0 Å². The van der Waals surface area contributed by atoms with E-state index in [4.69, 9.17) is 20.0 Å². The number of pyridine rings is 1. The molecule has 9 nitrogen and oxygen atoms in total. The average molecular weight is 391 g/mol. The molecular weight excluding hydrogens is 369 g/mol. The molecule has 0 spiro atoms. The van der Waals surface area contributed by atoms with Gasteiger partial charge in [0.05, 0.1) is 17.8 Å². The van der Waals surface area contributed by atoms with E-state index in [1.165, 1.54) is 0 Å². The molecule has 0 unspecified atom stereocenters. The van der Waals surface area contributed by atoms with Gasteiger partial charge in [0.2, 0.25) is 0 Å². The van der Waals surface area contributed by atoms with E-state index < -0.39 is 14.1 Å². The topological polar surface area (TPSA) is 136 Å². The molecular formula is C17H22N5O4P. The molecule has 0 bridgehead atoms. The minimum atomic E-state index is -2.47. The van der Waals surface area contributed by atoms with Gasteiger partial charge in [-0.25, -0.2) is 9.67 Å². The number of fused-ring (bicyclic) bond motifs is 3. The lowest BCUT2D eigenvalue weighted by Crippen LogP contribution is -2.47. The van der Waals surface area contributed by atoms with Crippen molar-refractivity contribution in [1.29, 1.82) is 0 Å². The van der Waals surface area contributed by atoms with Crippen LogP contribution in [0.4, 0.5) is 5.69 Å². The molecule has 2 aromatic rings. The highest BCUT2D eigenvalue weighted by Gasteiger charge is 2.50. The van der Waals surface area contributed by atoms with Gasteiger partial charge < -0.3 is 25.4 Å². The van der Waals surface area contributed by atoms with Crippen LogP contribution in [0.5, 0.6) is 0 Å². The van der Waals surface area contributed by atoms with E-state index >= 15 is 0 Å². The van der Waals surface area contributed by atoms with E-state index in [1.54, 1.807) is 36.9 Å². The number of hydrogen-bond donors (Lipinski definition) is 4. The molecule has 27 heavy (non-hydrogen) atoms. The summed E-state index contributed by atoms with van der Waals surface area (Å²) < 4.78 is 6.60. The zero-order chi connectivity index (χ0) is 19.3. The lowest BCUT2D eigenvalue weighted by Gasteiger charge is -2.25. The molecule has 1 fully saturated rings. The molecule has 5 N–H and O–H groups in total. The molecule has 1 saturated carbocycles. The second-order valence-corrected chi connectivity index (χ2v) is 8.51. The third kappa shape index (κ3) is 3.55. The van der Waals surface area contributed by atoms with Crippen molar-refractivity contribution < 1.29 is 19.1 Å². The third-order valence-corrected chi connectivity index (χ3v) is 5.32. The van der Waals surface area contributed by atoms with Crippen LogP contribution < -0.4 is 11.1 Å². The number of carbonyl (C=O) groups excluding carboxylic acids is 1. The second-order valence-electron chi connectivity index (χ2n) is 7.74. The Kier molecular flexibility index (Phi) is 4.43. The lowest BCUT2D eigenvalue weighted by molar-refractivity contribution is 0.0866. The van der Waals surface area contributed by atoms with Gasteiger partial charge in [0, 0.05) is 29.4 Å². The molecule has 10 heteroatoms. The van der Waals surface area contributed by atoms with Crippen molar-refractivity contribution in [2.75, 3.05) is 12.3 Å². The number of aromatic nitrogens is 3. The number of rotatable bonds is 6. The summed E-state index contributed by atoms with van der Waals surface area (Å²) in [5, 5.41) is 7.42. The van der Waals surface area contributed by atoms with Crippen LogP contribution in [-0.2, 0) is 10.9 Å². The SMILES string of the molecule is CC(C)(COP(O)O)NC(=O)c1nn(-c2cc(N)ccn2)c2c1C[C@H]1C[C@@H]21. The Hall–Kier alpha value is -2.06. The fourth-order valence-corrected chi connectivity index (χ4v) is 4.08. The number of nitrogen functional groups attached to an aromatic ring is 1. The van der Waals surface area contributed by atoms with Gasteiger partial charge in [-0.15, -0.1) is 0 Å². The third-order valence-electron chi connectivity index (χ3n) is 4.96. The van der Waals surface area contributed by atoms with Crippen LogP contribution in [-0.4, -0.2) is 42.6 Å². The number of anilines is 1. The summed E-state index contributed by atoms with van der Waals surface area (Å²) in [4.78, 5) is 35.1. The Morgan fingerprint density at radius 1 is 1.52 bits per heavy atom. The van der Waals surface area contributed by atoms with Gasteiger partial charge in [-0.05, 0) is 38.7 Å². The standard InChI is InChI=1S/C17H22N5O4P/c1-17(2,8-26-27(24)25)20-16(23)14-12-6-9-5-11(9)15(12)22(21-14)13-7-10(18)3-4-19-13/h3-4,7,9,11,24-25H,5-6,8H2,1-2H3,(H2,18,19)(H,20,23)/t9-,11-/m1/s1. The first kappa shape index (κ1) is 18.3. The normalized spacial score (nSPS) is 20.5. The Balaban J connectivity index is 1.63. The van der Waals surface area contributed by atoms with Crippen LogP contribution in [0, 0.1) is 5.92 Å². The quantitative estimate of drug-likeness (QED) is 0.544. The van der Waals surface area contributed by atoms with Crippen LogP contribution >= 0.6 is 8.60 Å². The number of carbonyl (C=O) groups is 1. The van der Waals surface area contributed by atoms with Gasteiger partial charge in [0.1, 0.15) is 0 Å². The summed E-state index contributed by atoms with van der Waals surface area (Å²) in [5.74, 6) is 1.28. The van der Waals surface area contributed by atoms with Crippen molar-refractivity contribution in [2.24, 2.45) is 5.92 Å². The van der Waals surface area contributed by atoms with Crippen LogP contribution in [0.15, 0.2) is 18.3 Å². The monoisotopic (exact) mass is 391 g/mol. The number of nitrogens with two attached hydrogens (primary N) is 1. The first-order valence-electron chi connectivity index (χ1n) is 8.72. The van der Waals surface area contributed by atoms with Crippen LogP contribution in [0.25, 0.3) is 5.82 Å². The molecule has 2 aliphatic rings. The smallest absolute Gasteiger partial charge is 0.327 e. The van der Waals surface area contributed by atoms with Crippen molar-refractivity contribution in [2.45, 2.75) is 38.1 Å². The summed E-state index contributed by atoms with van der Waals surface area (Å²) in [5.41, 5.74) is 8.07. The van der Waals surface area contributed by atoms with E-state index in [2.05, 4.69) is 15.4 Å². The summed E-state index contributed by atoms with van der Waals surface area (Å²) >= 11 is 0. The van der Waals surface area contributed by atoms with Gasteiger partial charge in [-0.2, -0.15) is 5.10 Å². The van der Waals surface area contributed by atoms with Gasteiger partial charge in [0.15, 0.2) is 11.5 Å². The van der Waals surface area contributed by atoms with Crippen LogP contribution in [0.2, 0.25) is 0 Å². The van der Waals surface area contributed by atoms with E-state index in [1.807, 2.05) is 0 Å². The van der Waals surface area contributed by atoms with E-state index in [0.29, 0.717) is 29.0 Å². The number of nitrogens with zero attached hydrogens (tertiary/aromatic N) is 3. The molecule has 4 rings (SSSR count). The molecule has 0 saturated heterocycles. The maximum atomic E-state index is 12.9. The molecule has 0 aromatic carbocycles. The molecule has 1 amide bonds. The number of hydrogen-bond acceptors (Lipinski definition) is 7. The predicted octanol–water partition coefficient (Wildman–Crippen LogP) is 1.25. The maximum Gasteiger partial charge on any atom is 0.327 e. The summed E-state index contributed by atoms with van der Waals surface area (Å²) in [6.07, 6.45) is 3.57. The lowest BCUT2D eigenvalue weighted by atomic mass is 10.1. The molecule has 2 atom stereocenters. The second kappa shape index (κ2) is 6.53. The van der Waals surface area contributed by atoms with Crippen molar-refractivity contribution >= 4 is 20.2 Å². The van der Waals surface area contributed by atoms with Gasteiger partial charge in [-0.3, -0.25) is 4.79 Å². The summed E-state index contributed by atoms with van der Waals surface area (Å²) in [7, 11) is -2.47. The van der Waals surface area contributed by atoms with Crippen LogP contribution in [0.1, 0.15) is 47.9 Å². The highest BCUT2D eigenvalue weighted by molar-refractivity contribution is 7.39. The average Bonchev–Trinajstić information content (AvgIpc) is 3.09.